The van der Waals surface area contributed by atoms with Gasteiger partial charge in [0.15, 0.2) is 6.79 Å². The molecule has 0 aromatic heterocycles. The van der Waals surface area contributed by atoms with Crippen molar-refractivity contribution in [3.05, 3.63) is 29.8 Å². The van der Waals surface area contributed by atoms with Gasteiger partial charge in [0, 0.05) is 5.56 Å². The molecule has 1 atom stereocenters. The summed E-state index contributed by atoms with van der Waals surface area (Å²) in [6.07, 6.45) is -5.12. The second-order valence-corrected chi connectivity index (χ2v) is 3.44. The van der Waals surface area contributed by atoms with E-state index < -0.39 is 25.7 Å². The molecule has 96 valence electrons. The molecule has 6 heteroatoms. The number of ether oxygens (including phenoxy) is 2. The first-order chi connectivity index (χ1) is 7.90. The SMILES string of the molecule is C[C@H](O)c1ccccc1OCOCC(F)(F)F. The molecule has 0 saturated heterocycles. The molecule has 1 aromatic carbocycles. The first-order valence-electron chi connectivity index (χ1n) is 4.94. The summed E-state index contributed by atoms with van der Waals surface area (Å²) in [6, 6.07) is 6.54. The molecule has 1 N–H and O–H groups in total. The van der Waals surface area contributed by atoms with Crippen molar-refractivity contribution < 1.29 is 27.8 Å². The molecule has 17 heavy (non-hydrogen) atoms. The standard InChI is InChI=1S/C11H13F3O3/c1-8(15)9-4-2-3-5-10(9)17-7-16-6-11(12,13)14/h2-5,8,15H,6-7H2,1H3/t8-/m0/s1. The highest BCUT2D eigenvalue weighted by molar-refractivity contribution is 5.34. The smallest absolute Gasteiger partial charge is 0.411 e. The van der Waals surface area contributed by atoms with Gasteiger partial charge in [-0.25, -0.2) is 0 Å². The van der Waals surface area contributed by atoms with E-state index in [1.807, 2.05) is 0 Å². The van der Waals surface area contributed by atoms with Crippen molar-refractivity contribution >= 4 is 0 Å². The summed E-state index contributed by atoms with van der Waals surface area (Å²) in [7, 11) is 0. The van der Waals surface area contributed by atoms with Crippen LogP contribution in [-0.2, 0) is 4.74 Å². The van der Waals surface area contributed by atoms with E-state index in [-0.39, 0.29) is 0 Å². The fraction of sp³-hybridized carbons (Fsp3) is 0.455. The summed E-state index contributed by atoms with van der Waals surface area (Å²) >= 11 is 0. The molecule has 0 bridgehead atoms. The van der Waals surface area contributed by atoms with Crippen molar-refractivity contribution in [1.29, 1.82) is 0 Å². The monoisotopic (exact) mass is 250 g/mol. The molecule has 0 amide bonds. The largest absolute Gasteiger partial charge is 0.467 e. The molecule has 0 unspecified atom stereocenters. The Hall–Kier alpha value is -1.27. The molecule has 0 heterocycles. The van der Waals surface area contributed by atoms with E-state index in [4.69, 9.17) is 4.74 Å². The van der Waals surface area contributed by atoms with Crippen molar-refractivity contribution in [2.45, 2.75) is 19.2 Å². The third kappa shape index (κ3) is 5.06. The van der Waals surface area contributed by atoms with Crippen LogP contribution in [0.25, 0.3) is 0 Å². The summed E-state index contributed by atoms with van der Waals surface area (Å²) in [5.41, 5.74) is 0.503. The van der Waals surface area contributed by atoms with E-state index in [9.17, 15) is 18.3 Å². The van der Waals surface area contributed by atoms with Crippen LogP contribution in [0.2, 0.25) is 0 Å². The van der Waals surface area contributed by atoms with E-state index in [2.05, 4.69) is 4.74 Å². The Morgan fingerprint density at radius 3 is 2.53 bits per heavy atom. The minimum absolute atomic E-state index is 0.310. The average molecular weight is 250 g/mol. The van der Waals surface area contributed by atoms with E-state index in [0.29, 0.717) is 11.3 Å². The van der Waals surface area contributed by atoms with Crippen molar-refractivity contribution in [3.8, 4) is 5.75 Å². The van der Waals surface area contributed by atoms with Crippen molar-refractivity contribution in [2.75, 3.05) is 13.4 Å². The summed E-state index contributed by atoms with van der Waals surface area (Å²) in [5, 5.41) is 9.39. The second-order valence-electron chi connectivity index (χ2n) is 3.44. The Morgan fingerprint density at radius 2 is 1.94 bits per heavy atom. The fourth-order valence-corrected chi connectivity index (χ4v) is 1.22. The first-order valence-corrected chi connectivity index (χ1v) is 4.94. The highest BCUT2D eigenvalue weighted by atomic mass is 19.4. The summed E-state index contributed by atoms with van der Waals surface area (Å²) < 4.78 is 44.6. The maximum Gasteiger partial charge on any atom is 0.411 e. The number of halogens is 3. The maximum atomic E-state index is 11.8. The number of hydrogen-bond acceptors (Lipinski definition) is 3. The molecule has 0 spiro atoms. The second kappa shape index (κ2) is 5.88. The van der Waals surface area contributed by atoms with Gasteiger partial charge in [0.05, 0.1) is 6.10 Å². The Labute approximate surface area is 96.8 Å². The van der Waals surface area contributed by atoms with E-state index >= 15 is 0 Å². The number of aliphatic hydroxyl groups excluding tert-OH is 1. The van der Waals surface area contributed by atoms with Crippen LogP contribution >= 0.6 is 0 Å². The van der Waals surface area contributed by atoms with Crippen molar-refractivity contribution in [3.63, 3.8) is 0 Å². The summed E-state index contributed by atoms with van der Waals surface area (Å²) in [4.78, 5) is 0. The Kier molecular flexibility index (Phi) is 4.77. The van der Waals surface area contributed by atoms with Crippen molar-refractivity contribution in [1.82, 2.24) is 0 Å². The zero-order valence-corrected chi connectivity index (χ0v) is 9.20. The lowest BCUT2D eigenvalue weighted by molar-refractivity contribution is -0.186. The van der Waals surface area contributed by atoms with Crippen LogP contribution in [0.4, 0.5) is 13.2 Å². The van der Waals surface area contributed by atoms with Crippen LogP contribution in [0.15, 0.2) is 24.3 Å². The third-order valence-corrected chi connectivity index (χ3v) is 1.93. The Morgan fingerprint density at radius 1 is 1.29 bits per heavy atom. The van der Waals surface area contributed by atoms with Crippen LogP contribution in [0, 0.1) is 0 Å². The van der Waals surface area contributed by atoms with Crippen LogP contribution < -0.4 is 4.74 Å². The normalized spacial score (nSPS) is 13.5. The molecular weight excluding hydrogens is 237 g/mol. The molecule has 0 saturated carbocycles. The Bertz CT molecular complexity index is 350. The minimum atomic E-state index is -4.37. The molecular formula is C11H13F3O3. The maximum absolute atomic E-state index is 11.8. The van der Waals surface area contributed by atoms with Gasteiger partial charge in [0.2, 0.25) is 0 Å². The highest BCUT2D eigenvalue weighted by Crippen LogP contribution is 2.24. The molecule has 1 rings (SSSR count). The number of aliphatic hydroxyl groups is 1. The van der Waals surface area contributed by atoms with Crippen LogP contribution in [-0.4, -0.2) is 24.7 Å². The lowest BCUT2D eigenvalue weighted by Gasteiger charge is -2.13. The van der Waals surface area contributed by atoms with Gasteiger partial charge in [-0.2, -0.15) is 13.2 Å². The zero-order chi connectivity index (χ0) is 12.9. The quantitative estimate of drug-likeness (QED) is 0.645. The lowest BCUT2D eigenvalue weighted by atomic mass is 10.1. The molecule has 3 nitrogen and oxygen atoms in total. The van der Waals surface area contributed by atoms with Gasteiger partial charge in [0.1, 0.15) is 12.4 Å². The van der Waals surface area contributed by atoms with E-state index in [0.717, 1.165) is 0 Å². The number of para-hydroxylation sites is 1. The Balaban J connectivity index is 2.47. The van der Waals surface area contributed by atoms with Gasteiger partial charge >= 0.3 is 6.18 Å². The average Bonchev–Trinajstić information content (AvgIpc) is 2.23. The number of alkyl halides is 3. The first kappa shape index (κ1) is 13.8. The van der Waals surface area contributed by atoms with Crippen LogP contribution in [0.5, 0.6) is 5.75 Å². The van der Waals surface area contributed by atoms with Crippen molar-refractivity contribution in [2.24, 2.45) is 0 Å². The predicted molar refractivity (Wildman–Crippen MR) is 54.6 cm³/mol. The van der Waals surface area contributed by atoms with Gasteiger partial charge in [-0.05, 0) is 13.0 Å². The van der Waals surface area contributed by atoms with Gasteiger partial charge in [-0.15, -0.1) is 0 Å². The molecule has 0 aliphatic rings. The molecule has 0 aliphatic heterocycles. The number of hydrogen-bond donors (Lipinski definition) is 1. The summed E-state index contributed by atoms with van der Waals surface area (Å²) in [6.45, 7) is -0.328. The van der Waals surface area contributed by atoms with E-state index in [1.54, 1.807) is 31.2 Å². The van der Waals surface area contributed by atoms with Gasteiger partial charge in [-0.3, -0.25) is 0 Å². The number of benzene rings is 1. The van der Waals surface area contributed by atoms with Crippen LogP contribution in [0.3, 0.4) is 0 Å². The third-order valence-electron chi connectivity index (χ3n) is 1.93. The topological polar surface area (TPSA) is 38.7 Å². The minimum Gasteiger partial charge on any atom is -0.467 e. The molecule has 0 fully saturated rings. The summed E-state index contributed by atoms with van der Waals surface area (Å²) in [5.74, 6) is 0.310. The van der Waals surface area contributed by atoms with Gasteiger partial charge in [-0.1, -0.05) is 18.2 Å². The zero-order valence-electron chi connectivity index (χ0n) is 9.20. The molecule has 0 aliphatic carbocycles. The van der Waals surface area contributed by atoms with Gasteiger partial charge in [0.25, 0.3) is 0 Å². The predicted octanol–water partition coefficient (Wildman–Crippen LogP) is 2.66. The number of rotatable bonds is 5. The van der Waals surface area contributed by atoms with Crippen LogP contribution in [0.1, 0.15) is 18.6 Å². The molecule has 1 aromatic rings. The van der Waals surface area contributed by atoms with Gasteiger partial charge < -0.3 is 14.6 Å². The molecule has 0 radical (unpaired) electrons. The lowest BCUT2D eigenvalue weighted by Crippen LogP contribution is -2.19. The highest BCUT2D eigenvalue weighted by Gasteiger charge is 2.27. The van der Waals surface area contributed by atoms with E-state index in [1.165, 1.54) is 0 Å². The fourth-order valence-electron chi connectivity index (χ4n) is 1.22.